The Kier molecular flexibility index (Phi) is 4.87. The molecule has 0 bridgehead atoms. The number of imidazole rings is 1. The van der Waals surface area contributed by atoms with Gasteiger partial charge in [0.15, 0.2) is 0 Å². The predicted molar refractivity (Wildman–Crippen MR) is 91.2 cm³/mol. The Labute approximate surface area is 146 Å². The molecule has 134 valence electrons. The maximum absolute atomic E-state index is 12.8. The highest BCUT2D eigenvalue weighted by Crippen LogP contribution is 2.34. The molecule has 0 unspecified atom stereocenters. The summed E-state index contributed by atoms with van der Waals surface area (Å²) >= 11 is 0. The molecule has 2 amide bonds. The third-order valence-electron chi connectivity index (χ3n) is 4.78. The van der Waals surface area contributed by atoms with Gasteiger partial charge in [-0.2, -0.15) is 5.10 Å². The van der Waals surface area contributed by atoms with Crippen LogP contribution in [-0.4, -0.2) is 43.1 Å². The smallest absolute Gasteiger partial charge is 0.226 e. The van der Waals surface area contributed by atoms with Crippen molar-refractivity contribution in [2.24, 2.45) is 13.0 Å². The molecule has 1 saturated heterocycles. The fraction of sp³-hybridized carbons (Fsp3) is 0.529. The fourth-order valence-corrected chi connectivity index (χ4v) is 3.31. The fourth-order valence-electron chi connectivity index (χ4n) is 3.31. The number of aromatic nitrogens is 4. The zero-order valence-electron chi connectivity index (χ0n) is 14.8. The molecule has 25 heavy (non-hydrogen) atoms. The van der Waals surface area contributed by atoms with Gasteiger partial charge in [-0.05, 0) is 19.4 Å². The van der Waals surface area contributed by atoms with E-state index in [1.165, 1.54) is 0 Å². The van der Waals surface area contributed by atoms with Gasteiger partial charge in [0, 0.05) is 45.7 Å². The zero-order valence-corrected chi connectivity index (χ0v) is 14.8. The number of amides is 2. The van der Waals surface area contributed by atoms with Crippen molar-refractivity contribution in [2.75, 3.05) is 7.05 Å². The predicted octanol–water partition coefficient (Wildman–Crippen LogP) is 0.862. The molecule has 3 rings (SSSR count). The van der Waals surface area contributed by atoms with Crippen LogP contribution in [0.15, 0.2) is 24.7 Å². The Balaban J connectivity index is 1.74. The Hall–Kier alpha value is -2.64. The van der Waals surface area contributed by atoms with Gasteiger partial charge >= 0.3 is 0 Å². The average Bonchev–Trinajstić information content (AvgIpc) is 3.23. The average molecular weight is 344 g/mol. The normalized spacial score (nSPS) is 20.8. The summed E-state index contributed by atoms with van der Waals surface area (Å²) in [5.74, 6) is 0.375. The molecule has 2 aromatic rings. The molecule has 1 aliphatic heterocycles. The van der Waals surface area contributed by atoms with Gasteiger partial charge in [-0.15, -0.1) is 0 Å². The number of nitrogens with one attached hydrogen (secondary N) is 1. The number of aryl methyl sites for hydroxylation is 2. The van der Waals surface area contributed by atoms with Crippen LogP contribution in [0.25, 0.3) is 0 Å². The summed E-state index contributed by atoms with van der Waals surface area (Å²) in [5, 5.41) is 7.34. The van der Waals surface area contributed by atoms with Gasteiger partial charge in [-0.25, -0.2) is 4.98 Å². The number of likely N-dealkylation sites (tertiary alicyclic amines) is 1. The SMILES string of the molecule is CCn1ccc(CNC(=O)[C@H]2CCC(=O)N(C)[C@@H]2c2nccn2C)n1. The van der Waals surface area contributed by atoms with E-state index in [4.69, 9.17) is 0 Å². The summed E-state index contributed by atoms with van der Waals surface area (Å²) in [6.45, 7) is 3.19. The first-order valence-electron chi connectivity index (χ1n) is 8.54. The second-order valence-corrected chi connectivity index (χ2v) is 6.37. The maximum atomic E-state index is 12.8. The van der Waals surface area contributed by atoms with Crippen molar-refractivity contribution in [1.29, 1.82) is 0 Å². The van der Waals surface area contributed by atoms with Crippen LogP contribution in [0.4, 0.5) is 0 Å². The molecule has 0 aromatic carbocycles. The number of rotatable bonds is 5. The number of carbonyl (C=O) groups excluding carboxylic acids is 2. The zero-order chi connectivity index (χ0) is 18.0. The molecule has 1 fully saturated rings. The Morgan fingerprint density at radius 2 is 2.16 bits per heavy atom. The molecule has 0 saturated carbocycles. The van der Waals surface area contributed by atoms with Gasteiger partial charge in [-0.1, -0.05) is 0 Å². The van der Waals surface area contributed by atoms with E-state index < -0.39 is 0 Å². The van der Waals surface area contributed by atoms with E-state index in [0.717, 1.165) is 18.1 Å². The van der Waals surface area contributed by atoms with Crippen LogP contribution < -0.4 is 5.32 Å². The van der Waals surface area contributed by atoms with Crippen LogP contribution in [-0.2, 0) is 29.7 Å². The van der Waals surface area contributed by atoms with Gasteiger partial charge in [-0.3, -0.25) is 14.3 Å². The van der Waals surface area contributed by atoms with Crippen LogP contribution in [0.2, 0.25) is 0 Å². The van der Waals surface area contributed by atoms with E-state index in [0.29, 0.717) is 19.4 Å². The van der Waals surface area contributed by atoms with Crippen LogP contribution in [0.5, 0.6) is 0 Å². The molecule has 1 aliphatic rings. The van der Waals surface area contributed by atoms with E-state index in [9.17, 15) is 9.59 Å². The number of piperidine rings is 1. The van der Waals surface area contributed by atoms with Crippen molar-refractivity contribution in [1.82, 2.24) is 29.5 Å². The summed E-state index contributed by atoms with van der Waals surface area (Å²) < 4.78 is 3.69. The maximum Gasteiger partial charge on any atom is 0.226 e. The molecular formula is C17H24N6O2. The van der Waals surface area contributed by atoms with Gasteiger partial charge in [0.05, 0.1) is 18.2 Å². The summed E-state index contributed by atoms with van der Waals surface area (Å²) in [6.07, 6.45) is 6.31. The number of hydrogen-bond donors (Lipinski definition) is 1. The first-order valence-corrected chi connectivity index (χ1v) is 8.54. The lowest BCUT2D eigenvalue weighted by Gasteiger charge is -2.37. The quantitative estimate of drug-likeness (QED) is 0.872. The number of nitrogens with zero attached hydrogens (tertiary/aromatic N) is 5. The molecule has 1 N–H and O–H groups in total. The molecule has 2 aromatic heterocycles. The second kappa shape index (κ2) is 7.08. The van der Waals surface area contributed by atoms with Gasteiger partial charge in [0.2, 0.25) is 11.8 Å². The van der Waals surface area contributed by atoms with Crippen LogP contribution >= 0.6 is 0 Å². The summed E-state index contributed by atoms with van der Waals surface area (Å²) in [5.41, 5.74) is 0.823. The lowest BCUT2D eigenvalue weighted by atomic mass is 9.87. The molecule has 2 atom stereocenters. The Bertz CT molecular complexity index is 765. The standard InChI is InChI=1S/C17H24N6O2/c1-4-23-9-7-12(20-23)11-19-17(25)13-5-6-14(24)22(3)15(13)16-18-8-10-21(16)2/h7-10,13,15H,4-6,11H2,1-3H3,(H,19,25)/t13-,15-/m0/s1. The topological polar surface area (TPSA) is 85.0 Å². The highest BCUT2D eigenvalue weighted by Gasteiger charge is 2.40. The highest BCUT2D eigenvalue weighted by molar-refractivity contribution is 5.84. The molecule has 0 radical (unpaired) electrons. The van der Waals surface area contributed by atoms with E-state index >= 15 is 0 Å². The molecule has 0 spiro atoms. The molecule has 0 aliphatic carbocycles. The third-order valence-corrected chi connectivity index (χ3v) is 4.78. The van der Waals surface area contributed by atoms with Gasteiger partial charge in [0.25, 0.3) is 0 Å². The number of hydrogen-bond acceptors (Lipinski definition) is 4. The summed E-state index contributed by atoms with van der Waals surface area (Å²) in [6, 6.07) is 1.55. The lowest BCUT2D eigenvalue weighted by molar-refractivity contribution is -0.142. The molecule has 3 heterocycles. The minimum atomic E-state index is -0.352. The van der Waals surface area contributed by atoms with Crippen LogP contribution in [0.3, 0.4) is 0 Å². The highest BCUT2D eigenvalue weighted by atomic mass is 16.2. The summed E-state index contributed by atoms with van der Waals surface area (Å²) in [7, 11) is 3.62. The van der Waals surface area contributed by atoms with Crippen molar-refractivity contribution in [3.8, 4) is 0 Å². The second-order valence-electron chi connectivity index (χ2n) is 6.37. The van der Waals surface area contributed by atoms with Crippen molar-refractivity contribution in [3.05, 3.63) is 36.2 Å². The molecule has 8 heteroatoms. The van der Waals surface area contributed by atoms with E-state index in [1.54, 1.807) is 18.1 Å². The molecule has 8 nitrogen and oxygen atoms in total. The first-order chi connectivity index (χ1) is 12.0. The number of carbonyl (C=O) groups is 2. The third kappa shape index (κ3) is 3.42. The Morgan fingerprint density at radius 1 is 1.36 bits per heavy atom. The van der Waals surface area contributed by atoms with Crippen LogP contribution in [0.1, 0.15) is 37.3 Å². The van der Waals surface area contributed by atoms with Crippen molar-refractivity contribution < 1.29 is 9.59 Å². The van der Waals surface area contributed by atoms with Crippen LogP contribution in [0, 0.1) is 5.92 Å². The molecular weight excluding hydrogens is 320 g/mol. The van der Waals surface area contributed by atoms with Crippen molar-refractivity contribution in [2.45, 2.75) is 38.9 Å². The largest absolute Gasteiger partial charge is 0.350 e. The van der Waals surface area contributed by atoms with Gasteiger partial charge in [0.1, 0.15) is 11.9 Å². The van der Waals surface area contributed by atoms with Crippen molar-refractivity contribution >= 4 is 11.8 Å². The Morgan fingerprint density at radius 3 is 2.80 bits per heavy atom. The first kappa shape index (κ1) is 17.2. The lowest BCUT2D eigenvalue weighted by Crippen LogP contribution is -2.47. The minimum absolute atomic E-state index is 0.0405. The van der Waals surface area contributed by atoms with E-state index in [1.807, 2.05) is 41.7 Å². The van der Waals surface area contributed by atoms with Gasteiger partial charge < -0.3 is 14.8 Å². The summed E-state index contributed by atoms with van der Waals surface area (Å²) in [4.78, 5) is 30.9. The minimum Gasteiger partial charge on any atom is -0.350 e. The van der Waals surface area contributed by atoms with E-state index in [2.05, 4.69) is 15.4 Å². The monoisotopic (exact) mass is 344 g/mol. The van der Waals surface area contributed by atoms with E-state index in [-0.39, 0.29) is 23.8 Å². The van der Waals surface area contributed by atoms with Crippen molar-refractivity contribution in [3.63, 3.8) is 0 Å².